The molecule has 3 atom stereocenters. The highest BCUT2D eigenvalue weighted by Gasteiger charge is 2.28. The number of ether oxygens (including phenoxy) is 1. The lowest BCUT2D eigenvalue weighted by molar-refractivity contribution is -0.0305. The number of hydrogen-bond donors (Lipinski definition) is 1. The third kappa shape index (κ3) is 3.47. The lowest BCUT2D eigenvalue weighted by atomic mass is 9.80. The van der Waals surface area contributed by atoms with Gasteiger partial charge >= 0.3 is 0 Å². The summed E-state index contributed by atoms with van der Waals surface area (Å²) >= 11 is 6.14. The molecule has 0 aromatic heterocycles. The lowest BCUT2D eigenvalue weighted by Crippen LogP contribution is -2.35. The fourth-order valence-corrected chi connectivity index (χ4v) is 2.87. The van der Waals surface area contributed by atoms with Gasteiger partial charge in [0.15, 0.2) is 0 Å². The predicted octanol–water partition coefficient (Wildman–Crippen LogP) is 3.62. The quantitative estimate of drug-likeness (QED) is 0.904. The Kier molecular flexibility index (Phi) is 5.04. The van der Waals surface area contributed by atoms with Crippen LogP contribution in [0.15, 0.2) is 24.3 Å². The van der Waals surface area contributed by atoms with Crippen LogP contribution in [0.4, 0.5) is 0 Å². The van der Waals surface area contributed by atoms with Crippen LogP contribution in [0.3, 0.4) is 0 Å². The van der Waals surface area contributed by atoms with Crippen LogP contribution < -0.4 is 5.73 Å². The average Bonchev–Trinajstić information content (AvgIpc) is 2.38. The van der Waals surface area contributed by atoms with Crippen molar-refractivity contribution in [2.75, 3.05) is 6.54 Å². The molecule has 0 spiro atoms. The first kappa shape index (κ1) is 13.9. The van der Waals surface area contributed by atoms with Crippen molar-refractivity contribution in [3.8, 4) is 0 Å². The monoisotopic (exact) mass is 267 g/mol. The summed E-state index contributed by atoms with van der Waals surface area (Å²) in [4.78, 5) is 0. The van der Waals surface area contributed by atoms with E-state index < -0.39 is 0 Å². The molecule has 0 heterocycles. The topological polar surface area (TPSA) is 35.2 Å². The van der Waals surface area contributed by atoms with Gasteiger partial charge in [0, 0.05) is 5.02 Å². The van der Waals surface area contributed by atoms with E-state index in [1.165, 1.54) is 12.8 Å². The molecule has 1 saturated carbocycles. The standard InChI is InChI=1S/C15H22ClNO/c1-11-6-7-12(9-17)15(8-11)18-10-13-4-2-3-5-14(13)16/h2-5,11-12,15H,6-10,17H2,1H3. The van der Waals surface area contributed by atoms with Crippen LogP contribution in [-0.4, -0.2) is 12.6 Å². The van der Waals surface area contributed by atoms with E-state index >= 15 is 0 Å². The molecule has 3 unspecified atom stereocenters. The Balaban J connectivity index is 1.93. The number of nitrogens with two attached hydrogens (primary N) is 1. The number of halogens is 1. The molecule has 2 nitrogen and oxygen atoms in total. The van der Waals surface area contributed by atoms with Gasteiger partial charge in [-0.3, -0.25) is 0 Å². The van der Waals surface area contributed by atoms with Crippen molar-refractivity contribution >= 4 is 11.6 Å². The minimum Gasteiger partial charge on any atom is -0.373 e. The van der Waals surface area contributed by atoms with E-state index in [0.717, 1.165) is 29.5 Å². The van der Waals surface area contributed by atoms with Gasteiger partial charge in [-0.2, -0.15) is 0 Å². The molecule has 1 aromatic carbocycles. The summed E-state index contributed by atoms with van der Waals surface area (Å²) in [5, 5.41) is 0.783. The van der Waals surface area contributed by atoms with Crippen molar-refractivity contribution in [1.82, 2.24) is 0 Å². The maximum absolute atomic E-state index is 6.14. The lowest BCUT2D eigenvalue weighted by Gasteiger charge is -2.34. The second kappa shape index (κ2) is 6.55. The van der Waals surface area contributed by atoms with E-state index in [1.807, 2.05) is 24.3 Å². The van der Waals surface area contributed by atoms with E-state index in [2.05, 4.69) is 6.92 Å². The van der Waals surface area contributed by atoms with Crippen LogP contribution >= 0.6 is 11.6 Å². The predicted molar refractivity (Wildman–Crippen MR) is 75.6 cm³/mol. The summed E-state index contributed by atoms with van der Waals surface area (Å²) in [7, 11) is 0. The molecule has 0 amide bonds. The van der Waals surface area contributed by atoms with Crippen molar-refractivity contribution in [3.63, 3.8) is 0 Å². The molecule has 2 N–H and O–H groups in total. The maximum Gasteiger partial charge on any atom is 0.0735 e. The zero-order valence-electron chi connectivity index (χ0n) is 10.9. The zero-order chi connectivity index (χ0) is 13.0. The molecule has 100 valence electrons. The fourth-order valence-electron chi connectivity index (χ4n) is 2.68. The van der Waals surface area contributed by atoms with Crippen LogP contribution in [0.1, 0.15) is 31.7 Å². The van der Waals surface area contributed by atoms with E-state index in [9.17, 15) is 0 Å². The van der Waals surface area contributed by atoms with Crippen LogP contribution in [0.5, 0.6) is 0 Å². The highest BCUT2D eigenvalue weighted by molar-refractivity contribution is 6.31. The van der Waals surface area contributed by atoms with Gasteiger partial charge in [0.2, 0.25) is 0 Å². The molecule has 0 saturated heterocycles. The fraction of sp³-hybridized carbons (Fsp3) is 0.600. The third-order valence-electron chi connectivity index (χ3n) is 3.90. The van der Waals surface area contributed by atoms with Gasteiger partial charge in [0.05, 0.1) is 12.7 Å². The van der Waals surface area contributed by atoms with Gasteiger partial charge in [-0.15, -0.1) is 0 Å². The highest BCUT2D eigenvalue weighted by atomic mass is 35.5. The van der Waals surface area contributed by atoms with Crippen LogP contribution in [0, 0.1) is 11.8 Å². The van der Waals surface area contributed by atoms with Crippen LogP contribution in [-0.2, 0) is 11.3 Å². The molecule has 18 heavy (non-hydrogen) atoms. The molecule has 2 rings (SSSR count). The molecule has 1 aliphatic carbocycles. The molecule has 1 aliphatic rings. The van der Waals surface area contributed by atoms with Gasteiger partial charge in [-0.05, 0) is 42.9 Å². The first-order valence-electron chi connectivity index (χ1n) is 6.75. The van der Waals surface area contributed by atoms with Gasteiger partial charge in [-0.25, -0.2) is 0 Å². The number of benzene rings is 1. The second-order valence-corrected chi connectivity index (χ2v) is 5.76. The Hall–Kier alpha value is -0.570. The molecule has 1 aromatic rings. The minimum absolute atomic E-state index is 0.287. The van der Waals surface area contributed by atoms with Crippen molar-refractivity contribution < 1.29 is 4.74 Å². The van der Waals surface area contributed by atoms with Crippen molar-refractivity contribution in [2.45, 2.75) is 38.9 Å². The number of rotatable bonds is 4. The molecule has 0 aliphatic heterocycles. The van der Waals surface area contributed by atoms with E-state index in [-0.39, 0.29) is 6.10 Å². The Morgan fingerprint density at radius 1 is 1.33 bits per heavy atom. The summed E-state index contributed by atoms with van der Waals surface area (Å²) in [5.41, 5.74) is 6.90. The smallest absolute Gasteiger partial charge is 0.0735 e. The minimum atomic E-state index is 0.287. The van der Waals surface area contributed by atoms with Crippen molar-refractivity contribution in [1.29, 1.82) is 0 Å². The van der Waals surface area contributed by atoms with Crippen molar-refractivity contribution in [3.05, 3.63) is 34.9 Å². The van der Waals surface area contributed by atoms with E-state index in [1.54, 1.807) is 0 Å². The van der Waals surface area contributed by atoms with Gasteiger partial charge in [-0.1, -0.05) is 43.1 Å². The van der Waals surface area contributed by atoms with Crippen LogP contribution in [0.2, 0.25) is 5.02 Å². The third-order valence-corrected chi connectivity index (χ3v) is 4.27. The molecular formula is C15H22ClNO. The van der Waals surface area contributed by atoms with Gasteiger partial charge in [0.25, 0.3) is 0 Å². The van der Waals surface area contributed by atoms with Gasteiger partial charge < -0.3 is 10.5 Å². The Labute approximate surface area is 114 Å². The Bertz CT molecular complexity index is 383. The number of hydrogen-bond acceptors (Lipinski definition) is 2. The molecule has 3 heteroatoms. The Morgan fingerprint density at radius 2 is 2.11 bits per heavy atom. The first-order chi connectivity index (χ1) is 8.70. The SMILES string of the molecule is CC1CCC(CN)C(OCc2ccccc2Cl)C1. The average molecular weight is 268 g/mol. The molecule has 1 fully saturated rings. The summed E-state index contributed by atoms with van der Waals surface area (Å²) in [5.74, 6) is 1.24. The summed E-state index contributed by atoms with van der Waals surface area (Å²) in [6, 6.07) is 7.86. The Morgan fingerprint density at radius 3 is 2.83 bits per heavy atom. The van der Waals surface area contributed by atoms with E-state index in [4.69, 9.17) is 22.1 Å². The summed E-state index contributed by atoms with van der Waals surface area (Å²) < 4.78 is 6.06. The van der Waals surface area contributed by atoms with Crippen molar-refractivity contribution in [2.24, 2.45) is 17.6 Å². The summed E-state index contributed by atoms with van der Waals surface area (Å²) in [6.07, 6.45) is 3.86. The van der Waals surface area contributed by atoms with Crippen LogP contribution in [0.25, 0.3) is 0 Å². The normalized spacial score (nSPS) is 28.3. The maximum atomic E-state index is 6.14. The first-order valence-corrected chi connectivity index (χ1v) is 7.13. The molecule has 0 bridgehead atoms. The summed E-state index contributed by atoms with van der Waals surface area (Å²) in [6.45, 7) is 3.60. The molecule has 0 radical (unpaired) electrons. The van der Waals surface area contributed by atoms with E-state index in [0.29, 0.717) is 12.5 Å². The van der Waals surface area contributed by atoms with Gasteiger partial charge in [0.1, 0.15) is 0 Å². The highest BCUT2D eigenvalue weighted by Crippen LogP contribution is 2.31. The molecular weight excluding hydrogens is 246 g/mol. The largest absolute Gasteiger partial charge is 0.373 e. The zero-order valence-corrected chi connectivity index (χ0v) is 11.7. The second-order valence-electron chi connectivity index (χ2n) is 5.35.